The Bertz CT molecular complexity index is 565. The van der Waals surface area contributed by atoms with Gasteiger partial charge in [-0.3, -0.25) is 9.69 Å². The number of rotatable bonds is 5. The van der Waals surface area contributed by atoms with E-state index < -0.39 is 12.0 Å². The molecular formula is C13H12NO3S3-. The van der Waals surface area contributed by atoms with Gasteiger partial charge in [-0.25, -0.2) is 0 Å². The van der Waals surface area contributed by atoms with E-state index in [9.17, 15) is 14.7 Å². The summed E-state index contributed by atoms with van der Waals surface area (Å²) in [4.78, 5) is 26.1. The molecule has 0 saturated carbocycles. The van der Waals surface area contributed by atoms with Crippen LogP contribution < -0.4 is 5.11 Å². The number of hydrogen-bond acceptors (Lipinski definition) is 6. The van der Waals surface area contributed by atoms with Crippen molar-refractivity contribution in [2.24, 2.45) is 0 Å². The molecule has 1 atom stereocenters. The van der Waals surface area contributed by atoms with Crippen molar-refractivity contribution in [2.45, 2.75) is 25.8 Å². The molecule has 4 nitrogen and oxygen atoms in total. The summed E-state index contributed by atoms with van der Waals surface area (Å²) in [6.07, 6.45) is 2.71. The highest BCUT2D eigenvalue weighted by atomic mass is 32.2. The number of thiophene rings is 1. The molecule has 0 spiro atoms. The zero-order valence-corrected chi connectivity index (χ0v) is 13.1. The van der Waals surface area contributed by atoms with Gasteiger partial charge in [0.15, 0.2) is 0 Å². The van der Waals surface area contributed by atoms with Gasteiger partial charge in [-0.1, -0.05) is 43.4 Å². The molecule has 1 fully saturated rings. The van der Waals surface area contributed by atoms with Crippen LogP contribution in [0.5, 0.6) is 0 Å². The van der Waals surface area contributed by atoms with Crippen molar-refractivity contribution < 1.29 is 14.7 Å². The van der Waals surface area contributed by atoms with E-state index in [2.05, 4.69) is 0 Å². The average Bonchev–Trinajstić information content (AvgIpc) is 2.98. The molecule has 1 aromatic rings. The Morgan fingerprint density at radius 2 is 2.35 bits per heavy atom. The van der Waals surface area contributed by atoms with E-state index in [1.165, 1.54) is 11.3 Å². The highest BCUT2D eigenvalue weighted by Gasteiger charge is 2.37. The van der Waals surface area contributed by atoms with Crippen LogP contribution >= 0.6 is 35.3 Å². The fourth-order valence-corrected chi connectivity index (χ4v) is 3.96. The van der Waals surface area contributed by atoms with Gasteiger partial charge in [0.2, 0.25) is 0 Å². The number of amides is 1. The first-order valence-electron chi connectivity index (χ1n) is 6.06. The number of aliphatic carboxylic acids is 1. The first-order chi connectivity index (χ1) is 9.54. The summed E-state index contributed by atoms with van der Waals surface area (Å²) in [5.74, 6) is -1.61. The summed E-state index contributed by atoms with van der Waals surface area (Å²) in [6, 6.07) is 2.79. The third-order valence-corrected chi connectivity index (χ3v) is 4.94. The van der Waals surface area contributed by atoms with Crippen LogP contribution in [0.2, 0.25) is 0 Å². The van der Waals surface area contributed by atoms with Gasteiger partial charge < -0.3 is 9.90 Å². The standard InChI is InChI=1S/C13H13NO3S3/c1-2-4-9(12(16)17)14-11(15)10(20-13(14)18)7-8-5-3-6-19-8/h3,5-7,9H,2,4H2,1H3,(H,16,17)/p-1/b10-7+/t9-/m1/s1. The van der Waals surface area contributed by atoms with Crippen LogP contribution in [0.1, 0.15) is 24.6 Å². The largest absolute Gasteiger partial charge is 0.548 e. The first-order valence-corrected chi connectivity index (χ1v) is 8.16. The Labute approximate surface area is 130 Å². The van der Waals surface area contributed by atoms with Gasteiger partial charge in [0, 0.05) is 4.88 Å². The van der Waals surface area contributed by atoms with Crippen molar-refractivity contribution in [3.8, 4) is 0 Å². The van der Waals surface area contributed by atoms with E-state index in [0.717, 1.165) is 21.5 Å². The van der Waals surface area contributed by atoms with Crippen LogP contribution in [-0.2, 0) is 9.59 Å². The fourth-order valence-electron chi connectivity index (χ4n) is 1.88. The SMILES string of the molecule is CCC[C@H](C(=O)[O-])N1C(=O)/C(=C\c2cccs2)SC1=S. The first kappa shape index (κ1) is 15.2. The Hall–Kier alpha value is -1.18. The number of carboxylic acid groups (broad SMARTS) is 1. The maximum atomic E-state index is 12.3. The Balaban J connectivity index is 2.26. The van der Waals surface area contributed by atoms with Crippen molar-refractivity contribution in [3.05, 3.63) is 27.3 Å². The van der Waals surface area contributed by atoms with Gasteiger partial charge in [0.25, 0.3) is 5.91 Å². The van der Waals surface area contributed by atoms with E-state index in [-0.39, 0.29) is 10.2 Å². The Kier molecular flexibility index (Phi) is 4.95. The number of carbonyl (C=O) groups excluding carboxylic acids is 2. The van der Waals surface area contributed by atoms with Gasteiger partial charge in [-0.2, -0.15) is 0 Å². The molecule has 7 heteroatoms. The van der Waals surface area contributed by atoms with Gasteiger partial charge in [-0.15, -0.1) is 11.3 Å². The van der Waals surface area contributed by atoms with E-state index in [1.807, 2.05) is 24.4 Å². The van der Waals surface area contributed by atoms with E-state index in [4.69, 9.17) is 12.2 Å². The van der Waals surface area contributed by atoms with Gasteiger partial charge >= 0.3 is 0 Å². The number of nitrogens with zero attached hydrogens (tertiary/aromatic N) is 1. The Morgan fingerprint density at radius 1 is 1.60 bits per heavy atom. The summed E-state index contributed by atoms with van der Waals surface area (Å²) in [7, 11) is 0. The molecule has 1 amide bonds. The van der Waals surface area contributed by atoms with Crippen molar-refractivity contribution in [3.63, 3.8) is 0 Å². The van der Waals surface area contributed by atoms with E-state index in [1.54, 1.807) is 6.08 Å². The summed E-state index contributed by atoms with van der Waals surface area (Å²) >= 11 is 7.78. The number of carbonyl (C=O) groups is 2. The van der Waals surface area contributed by atoms with Crippen LogP contribution in [-0.4, -0.2) is 27.1 Å². The van der Waals surface area contributed by atoms with Crippen LogP contribution in [0.15, 0.2) is 22.4 Å². The van der Waals surface area contributed by atoms with Crippen molar-refractivity contribution in [1.29, 1.82) is 0 Å². The fraction of sp³-hybridized carbons (Fsp3) is 0.308. The van der Waals surface area contributed by atoms with Crippen LogP contribution in [0.4, 0.5) is 0 Å². The van der Waals surface area contributed by atoms with E-state index >= 15 is 0 Å². The molecule has 0 unspecified atom stereocenters. The molecule has 0 bridgehead atoms. The highest BCUT2D eigenvalue weighted by Crippen LogP contribution is 2.35. The predicted octanol–water partition coefficient (Wildman–Crippen LogP) is 1.87. The van der Waals surface area contributed by atoms with Gasteiger partial charge in [0.1, 0.15) is 4.32 Å². The molecule has 2 rings (SSSR count). The maximum Gasteiger partial charge on any atom is 0.266 e. The summed E-state index contributed by atoms with van der Waals surface area (Å²) < 4.78 is 0.278. The minimum atomic E-state index is -1.26. The molecule has 2 heterocycles. The molecule has 20 heavy (non-hydrogen) atoms. The molecule has 1 saturated heterocycles. The lowest BCUT2D eigenvalue weighted by atomic mass is 10.1. The minimum absolute atomic E-state index is 0.278. The molecule has 0 radical (unpaired) electrons. The molecule has 0 aliphatic carbocycles. The van der Waals surface area contributed by atoms with E-state index in [0.29, 0.717) is 17.7 Å². The summed E-state index contributed by atoms with van der Waals surface area (Å²) in [6.45, 7) is 1.86. The maximum absolute atomic E-state index is 12.3. The second-order valence-electron chi connectivity index (χ2n) is 4.19. The Morgan fingerprint density at radius 3 is 2.90 bits per heavy atom. The third kappa shape index (κ3) is 3.11. The lowest BCUT2D eigenvalue weighted by molar-refractivity contribution is -0.310. The molecule has 1 aromatic heterocycles. The number of carboxylic acids is 1. The topological polar surface area (TPSA) is 60.4 Å². The number of thioether (sulfide) groups is 1. The average molecular weight is 326 g/mol. The van der Waals surface area contributed by atoms with Gasteiger partial charge in [-0.05, 0) is 23.9 Å². The number of hydrogen-bond donors (Lipinski definition) is 0. The molecular weight excluding hydrogens is 314 g/mol. The summed E-state index contributed by atoms with van der Waals surface area (Å²) in [5.41, 5.74) is 0. The van der Waals surface area contributed by atoms with Crippen LogP contribution in [0.3, 0.4) is 0 Å². The van der Waals surface area contributed by atoms with Crippen LogP contribution in [0, 0.1) is 0 Å². The lowest BCUT2D eigenvalue weighted by Crippen LogP contribution is -2.49. The molecule has 1 aliphatic heterocycles. The van der Waals surface area contributed by atoms with Crippen molar-refractivity contribution in [2.75, 3.05) is 0 Å². The second kappa shape index (κ2) is 6.51. The highest BCUT2D eigenvalue weighted by molar-refractivity contribution is 8.26. The molecule has 0 N–H and O–H groups in total. The zero-order valence-electron chi connectivity index (χ0n) is 10.7. The van der Waals surface area contributed by atoms with Crippen molar-refractivity contribution >= 4 is 57.6 Å². The smallest absolute Gasteiger partial charge is 0.266 e. The zero-order chi connectivity index (χ0) is 14.7. The normalized spacial score (nSPS) is 18.9. The monoisotopic (exact) mass is 326 g/mol. The molecule has 106 valence electrons. The van der Waals surface area contributed by atoms with Crippen molar-refractivity contribution in [1.82, 2.24) is 4.90 Å². The quantitative estimate of drug-likeness (QED) is 0.611. The third-order valence-electron chi connectivity index (χ3n) is 2.79. The second-order valence-corrected chi connectivity index (χ2v) is 6.85. The minimum Gasteiger partial charge on any atom is -0.548 e. The predicted molar refractivity (Wildman–Crippen MR) is 83.0 cm³/mol. The van der Waals surface area contributed by atoms with Crippen LogP contribution in [0.25, 0.3) is 6.08 Å². The lowest BCUT2D eigenvalue weighted by Gasteiger charge is -2.27. The summed E-state index contributed by atoms with van der Waals surface area (Å²) in [5, 5.41) is 13.1. The van der Waals surface area contributed by atoms with Gasteiger partial charge in [0.05, 0.1) is 16.9 Å². The molecule has 1 aliphatic rings. The number of thiocarbonyl (C=S) groups is 1. The molecule has 0 aromatic carbocycles.